The third-order valence-corrected chi connectivity index (χ3v) is 5.00. The Morgan fingerprint density at radius 2 is 1.96 bits per heavy atom. The molecule has 1 heterocycles. The predicted molar refractivity (Wildman–Crippen MR) is 92.4 cm³/mol. The topological polar surface area (TPSA) is 100.0 Å². The van der Waals surface area contributed by atoms with Gasteiger partial charge in [0.2, 0.25) is 0 Å². The van der Waals surface area contributed by atoms with E-state index < -0.39 is 27.1 Å². The standard InChI is InChI=1S/C16H17F3N4O3S/c1-3-4-7-15(22-23-15)8-9-20-14(24)12-5-6-13(11(2)10-12)21-27(25,26)16(17,18)19/h1,5-6,10,21H,4,7-9H2,2H3,(H,20,24). The third-order valence-electron chi connectivity index (χ3n) is 3.90. The van der Waals surface area contributed by atoms with Crippen molar-refractivity contribution < 1.29 is 26.4 Å². The average Bonchev–Trinajstić information content (AvgIpc) is 3.33. The number of benzene rings is 1. The van der Waals surface area contributed by atoms with Crippen molar-refractivity contribution in [1.29, 1.82) is 0 Å². The quantitative estimate of drug-likeness (QED) is 0.654. The summed E-state index contributed by atoms with van der Waals surface area (Å²) in [4.78, 5) is 12.1. The van der Waals surface area contributed by atoms with Gasteiger partial charge in [-0.2, -0.15) is 31.8 Å². The van der Waals surface area contributed by atoms with E-state index in [1.807, 2.05) is 0 Å². The molecule has 1 aliphatic rings. The molecule has 146 valence electrons. The van der Waals surface area contributed by atoms with Gasteiger partial charge in [-0.15, -0.1) is 12.3 Å². The Balaban J connectivity index is 1.95. The molecule has 0 bridgehead atoms. The number of halogens is 3. The van der Waals surface area contributed by atoms with Crippen molar-refractivity contribution in [3.05, 3.63) is 29.3 Å². The highest BCUT2D eigenvalue weighted by atomic mass is 32.2. The summed E-state index contributed by atoms with van der Waals surface area (Å²) in [6.45, 7) is 1.68. The Labute approximate surface area is 154 Å². The lowest BCUT2D eigenvalue weighted by Gasteiger charge is -2.14. The van der Waals surface area contributed by atoms with Crippen LogP contribution in [0.5, 0.6) is 0 Å². The Morgan fingerprint density at radius 1 is 1.30 bits per heavy atom. The van der Waals surface area contributed by atoms with E-state index in [-0.39, 0.29) is 23.4 Å². The molecule has 0 saturated heterocycles. The minimum Gasteiger partial charge on any atom is -0.352 e. The zero-order valence-electron chi connectivity index (χ0n) is 14.3. The van der Waals surface area contributed by atoms with Crippen LogP contribution in [0.1, 0.15) is 35.2 Å². The van der Waals surface area contributed by atoms with Crippen molar-refractivity contribution in [2.45, 2.75) is 37.4 Å². The van der Waals surface area contributed by atoms with E-state index in [0.29, 0.717) is 19.3 Å². The van der Waals surface area contributed by atoms with E-state index in [1.165, 1.54) is 23.8 Å². The molecular weight excluding hydrogens is 385 g/mol. The van der Waals surface area contributed by atoms with Gasteiger partial charge < -0.3 is 5.32 Å². The number of terminal acetylenes is 1. The number of nitrogens with one attached hydrogen (secondary N) is 2. The van der Waals surface area contributed by atoms with Gasteiger partial charge in [-0.25, -0.2) is 0 Å². The Morgan fingerprint density at radius 3 is 2.48 bits per heavy atom. The van der Waals surface area contributed by atoms with Crippen LogP contribution in [0, 0.1) is 19.3 Å². The summed E-state index contributed by atoms with van der Waals surface area (Å²) in [5.41, 5.74) is -5.86. The summed E-state index contributed by atoms with van der Waals surface area (Å²) in [6.07, 6.45) is 6.81. The fourth-order valence-electron chi connectivity index (χ4n) is 2.27. The summed E-state index contributed by atoms with van der Waals surface area (Å²) >= 11 is 0. The van der Waals surface area contributed by atoms with Crippen LogP contribution in [0.25, 0.3) is 0 Å². The number of sulfonamides is 1. The van der Waals surface area contributed by atoms with Crippen LogP contribution in [0.4, 0.5) is 18.9 Å². The minimum absolute atomic E-state index is 0.174. The molecule has 0 aliphatic carbocycles. The van der Waals surface area contributed by atoms with E-state index in [9.17, 15) is 26.4 Å². The number of hydrogen-bond acceptors (Lipinski definition) is 5. The smallest absolute Gasteiger partial charge is 0.352 e. The predicted octanol–water partition coefficient (Wildman–Crippen LogP) is 2.95. The molecule has 0 atom stereocenters. The van der Waals surface area contributed by atoms with Gasteiger partial charge in [-0.05, 0) is 30.7 Å². The monoisotopic (exact) mass is 402 g/mol. The van der Waals surface area contributed by atoms with Crippen molar-refractivity contribution >= 4 is 21.6 Å². The van der Waals surface area contributed by atoms with E-state index in [2.05, 4.69) is 21.5 Å². The third kappa shape index (κ3) is 5.19. The van der Waals surface area contributed by atoms with Gasteiger partial charge in [0.15, 0.2) is 5.66 Å². The average molecular weight is 402 g/mol. The van der Waals surface area contributed by atoms with Crippen LogP contribution in [-0.2, 0) is 10.0 Å². The molecule has 0 spiro atoms. The number of rotatable bonds is 8. The molecule has 1 aromatic carbocycles. The van der Waals surface area contributed by atoms with Crippen LogP contribution in [0.15, 0.2) is 28.4 Å². The summed E-state index contributed by atoms with van der Waals surface area (Å²) in [7, 11) is -5.52. The first kappa shape index (κ1) is 20.7. The maximum atomic E-state index is 12.4. The number of amides is 1. The number of alkyl halides is 3. The normalized spacial score (nSPS) is 15.1. The van der Waals surface area contributed by atoms with Gasteiger partial charge in [-0.1, -0.05) is 0 Å². The molecule has 0 saturated carbocycles. The van der Waals surface area contributed by atoms with Crippen LogP contribution in [-0.4, -0.2) is 32.0 Å². The van der Waals surface area contributed by atoms with Crippen molar-refractivity contribution in [2.24, 2.45) is 10.2 Å². The first-order valence-corrected chi connectivity index (χ1v) is 9.33. The van der Waals surface area contributed by atoms with Crippen LogP contribution < -0.4 is 10.0 Å². The fraction of sp³-hybridized carbons (Fsp3) is 0.438. The second-order valence-corrected chi connectivity index (χ2v) is 7.65. The number of anilines is 1. The van der Waals surface area contributed by atoms with Gasteiger partial charge >= 0.3 is 15.5 Å². The molecular formula is C16H17F3N4O3S. The van der Waals surface area contributed by atoms with Crippen molar-refractivity contribution in [2.75, 3.05) is 11.3 Å². The number of nitrogens with zero attached hydrogens (tertiary/aromatic N) is 2. The lowest BCUT2D eigenvalue weighted by molar-refractivity contribution is -0.0429. The van der Waals surface area contributed by atoms with Crippen molar-refractivity contribution in [1.82, 2.24) is 5.32 Å². The van der Waals surface area contributed by atoms with Gasteiger partial charge in [0.05, 0.1) is 5.69 Å². The summed E-state index contributed by atoms with van der Waals surface area (Å²) in [5.74, 6) is 2.05. The zero-order valence-corrected chi connectivity index (χ0v) is 15.1. The highest BCUT2D eigenvalue weighted by Gasteiger charge is 2.46. The number of hydrogen-bond donors (Lipinski definition) is 2. The molecule has 2 rings (SSSR count). The van der Waals surface area contributed by atoms with Crippen LogP contribution in [0.3, 0.4) is 0 Å². The summed E-state index contributed by atoms with van der Waals surface area (Å²) in [5, 5.41) is 10.5. The Hall–Kier alpha value is -2.61. The van der Waals surface area contributed by atoms with Crippen molar-refractivity contribution in [3.8, 4) is 12.3 Å². The molecule has 0 fully saturated rings. The maximum absolute atomic E-state index is 12.4. The second-order valence-electron chi connectivity index (χ2n) is 5.97. The number of carbonyl (C=O) groups is 1. The van der Waals surface area contributed by atoms with Gasteiger partial charge in [-0.3, -0.25) is 9.52 Å². The first-order chi connectivity index (χ1) is 12.5. The highest BCUT2D eigenvalue weighted by Crippen LogP contribution is 2.36. The molecule has 0 aromatic heterocycles. The van der Waals surface area contributed by atoms with E-state index in [0.717, 1.165) is 6.07 Å². The minimum atomic E-state index is -5.52. The largest absolute Gasteiger partial charge is 0.516 e. The first-order valence-electron chi connectivity index (χ1n) is 7.85. The molecule has 2 N–H and O–H groups in total. The molecule has 11 heteroatoms. The Bertz CT molecular complexity index is 898. The summed E-state index contributed by atoms with van der Waals surface area (Å²) < 4.78 is 61.1. The van der Waals surface area contributed by atoms with Gasteiger partial charge in [0.25, 0.3) is 5.91 Å². The number of carbonyl (C=O) groups excluding carboxylic acids is 1. The molecule has 0 unspecified atom stereocenters. The van der Waals surface area contributed by atoms with Gasteiger partial charge in [0, 0.05) is 31.4 Å². The van der Waals surface area contributed by atoms with Crippen molar-refractivity contribution in [3.63, 3.8) is 0 Å². The van der Waals surface area contributed by atoms with E-state index in [4.69, 9.17) is 6.42 Å². The highest BCUT2D eigenvalue weighted by molar-refractivity contribution is 7.93. The molecule has 1 amide bonds. The summed E-state index contributed by atoms with van der Waals surface area (Å²) in [6, 6.07) is 3.63. The van der Waals surface area contributed by atoms with E-state index in [1.54, 1.807) is 0 Å². The number of aryl methyl sites for hydroxylation is 1. The maximum Gasteiger partial charge on any atom is 0.516 e. The Kier molecular flexibility index (Phi) is 5.79. The molecule has 27 heavy (non-hydrogen) atoms. The lowest BCUT2D eigenvalue weighted by atomic mass is 10.0. The van der Waals surface area contributed by atoms with Crippen LogP contribution in [0.2, 0.25) is 0 Å². The van der Waals surface area contributed by atoms with Crippen LogP contribution >= 0.6 is 0 Å². The SMILES string of the molecule is C#CCCC1(CCNC(=O)c2ccc(NS(=O)(=O)C(F)(F)F)c(C)c2)N=N1. The second kappa shape index (κ2) is 7.56. The van der Waals surface area contributed by atoms with E-state index >= 15 is 0 Å². The molecule has 1 aromatic rings. The molecule has 7 nitrogen and oxygen atoms in total. The molecule has 1 aliphatic heterocycles. The fourth-order valence-corrected chi connectivity index (χ4v) is 2.90. The van der Waals surface area contributed by atoms with Gasteiger partial charge in [0.1, 0.15) is 0 Å². The zero-order chi connectivity index (χ0) is 20.3. The lowest BCUT2D eigenvalue weighted by Crippen LogP contribution is -2.30. The molecule has 0 radical (unpaired) electrons.